The maximum atomic E-state index is 3.88. The zero-order valence-electron chi connectivity index (χ0n) is 13.9. The molecule has 118 valence electrons. The molecule has 0 aromatic carbocycles. The second-order valence-electron chi connectivity index (χ2n) is 7.11. The van der Waals surface area contributed by atoms with Crippen LogP contribution in [0.5, 0.6) is 0 Å². The highest BCUT2D eigenvalue weighted by molar-refractivity contribution is 4.89. The molecular formula is C17H35N3. The van der Waals surface area contributed by atoms with E-state index in [2.05, 4.69) is 36.1 Å². The molecule has 2 unspecified atom stereocenters. The van der Waals surface area contributed by atoms with Crippen molar-refractivity contribution in [2.75, 3.05) is 40.3 Å². The Kier molecular flexibility index (Phi) is 6.79. The lowest BCUT2D eigenvalue weighted by Gasteiger charge is -2.36. The van der Waals surface area contributed by atoms with Crippen molar-refractivity contribution in [1.29, 1.82) is 0 Å². The van der Waals surface area contributed by atoms with Crippen LogP contribution >= 0.6 is 0 Å². The van der Waals surface area contributed by atoms with Crippen LogP contribution in [0.4, 0.5) is 0 Å². The highest BCUT2D eigenvalue weighted by Crippen LogP contribution is 2.30. The number of hydrogen-bond acceptors (Lipinski definition) is 3. The van der Waals surface area contributed by atoms with E-state index in [4.69, 9.17) is 0 Å². The SMILES string of the molecule is CCCNC(CC1CCCC1)C1CN(C)CCCN1C. The summed E-state index contributed by atoms with van der Waals surface area (Å²) in [5, 5.41) is 3.88. The quantitative estimate of drug-likeness (QED) is 0.807. The van der Waals surface area contributed by atoms with Gasteiger partial charge in [0, 0.05) is 18.6 Å². The smallest absolute Gasteiger partial charge is 0.0373 e. The van der Waals surface area contributed by atoms with Gasteiger partial charge in [-0.05, 0) is 58.9 Å². The molecule has 1 N–H and O–H groups in total. The maximum absolute atomic E-state index is 3.88. The van der Waals surface area contributed by atoms with Crippen molar-refractivity contribution in [2.45, 2.75) is 64.0 Å². The van der Waals surface area contributed by atoms with Gasteiger partial charge in [-0.2, -0.15) is 0 Å². The van der Waals surface area contributed by atoms with Crippen LogP contribution in [0.1, 0.15) is 51.9 Å². The van der Waals surface area contributed by atoms with Gasteiger partial charge >= 0.3 is 0 Å². The summed E-state index contributed by atoms with van der Waals surface area (Å²) in [6.45, 7) is 7.19. The molecule has 0 radical (unpaired) electrons. The first-order chi connectivity index (χ1) is 9.70. The van der Waals surface area contributed by atoms with E-state index in [0.717, 1.165) is 5.92 Å². The van der Waals surface area contributed by atoms with Crippen molar-refractivity contribution < 1.29 is 0 Å². The number of likely N-dealkylation sites (N-methyl/N-ethyl adjacent to an activating group) is 2. The fourth-order valence-electron chi connectivity index (χ4n) is 4.05. The fourth-order valence-corrected chi connectivity index (χ4v) is 4.05. The molecule has 2 rings (SSSR count). The number of rotatable bonds is 6. The Morgan fingerprint density at radius 2 is 1.85 bits per heavy atom. The van der Waals surface area contributed by atoms with Crippen molar-refractivity contribution in [3.8, 4) is 0 Å². The van der Waals surface area contributed by atoms with E-state index in [1.807, 2.05) is 0 Å². The summed E-state index contributed by atoms with van der Waals surface area (Å²) < 4.78 is 0. The van der Waals surface area contributed by atoms with E-state index in [-0.39, 0.29) is 0 Å². The second-order valence-corrected chi connectivity index (χ2v) is 7.11. The average molecular weight is 281 g/mol. The topological polar surface area (TPSA) is 18.5 Å². The summed E-state index contributed by atoms with van der Waals surface area (Å²) in [6.07, 6.45) is 9.81. The van der Waals surface area contributed by atoms with Gasteiger partial charge in [0.1, 0.15) is 0 Å². The van der Waals surface area contributed by atoms with Crippen LogP contribution < -0.4 is 5.32 Å². The minimum absolute atomic E-state index is 0.684. The highest BCUT2D eigenvalue weighted by atomic mass is 15.2. The molecule has 1 saturated heterocycles. The van der Waals surface area contributed by atoms with Gasteiger partial charge in [0.15, 0.2) is 0 Å². The Morgan fingerprint density at radius 3 is 2.55 bits per heavy atom. The van der Waals surface area contributed by atoms with Crippen molar-refractivity contribution in [2.24, 2.45) is 5.92 Å². The average Bonchev–Trinajstić information content (AvgIpc) is 2.87. The molecule has 3 nitrogen and oxygen atoms in total. The monoisotopic (exact) mass is 281 g/mol. The minimum Gasteiger partial charge on any atom is -0.312 e. The van der Waals surface area contributed by atoms with Gasteiger partial charge in [-0.15, -0.1) is 0 Å². The molecule has 1 saturated carbocycles. The molecule has 20 heavy (non-hydrogen) atoms. The van der Waals surface area contributed by atoms with E-state index >= 15 is 0 Å². The van der Waals surface area contributed by atoms with Crippen LogP contribution in [-0.2, 0) is 0 Å². The van der Waals surface area contributed by atoms with E-state index in [0.29, 0.717) is 12.1 Å². The zero-order chi connectivity index (χ0) is 14.4. The molecule has 1 aliphatic heterocycles. The molecule has 2 atom stereocenters. The Balaban J connectivity index is 1.97. The van der Waals surface area contributed by atoms with Gasteiger partial charge in [-0.3, -0.25) is 0 Å². The van der Waals surface area contributed by atoms with Gasteiger partial charge in [-0.1, -0.05) is 32.6 Å². The number of nitrogens with one attached hydrogen (secondary N) is 1. The third-order valence-electron chi connectivity index (χ3n) is 5.30. The molecular weight excluding hydrogens is 246 g/mol. The summed E-state index contributed by atoms with van der Waals surface area (Å²) in [5.41, 5.74) is 0. The highest BCUT2D eigenvalue weighted by Gasteiger charge is 2.30. The molecule has 0 amide bonds. The predicted molar refractivity (Wildman–Crippen MR) is 87.2 cm³/mol. The van der Waals surface area contributed by atoms with E-state index < -0.39 is 0 Å². The summed E-state index contributed by atoms with van der Waals surface area (Å²) in [4.78, 5) is 5.15. The lowest BCUT2D eigenvalue weighted by Crippen LogP contribution is -2.53. The molecule has 2 fully saturated rings. The largest absolute Gasteiger partial charge is 0.312 e. The van der Waals surface area contributed by atoms with Gasteiger partial charge in [0.05, 0.1) is 0 Å². The first-order valence-electron chi connectivity index (χ1n) is 8.83. The molecule has 0 spiro atoms. The second kappa shape index (κ2) is 8.35. The molecule has 3 heteroatoms. The van der Waals surface area contributed by atoms with Gasteiger partial charge in [0.25, 0.3) is 0 Å². The zero-order valence-corrected chi connectivity index (χ0v) is 13.9. The summed E-state index contributed by atoms with van der Waals surface area (Å²) in [7, 11) is 4.62. The number of hydrogen-bond donors (Lipinski definition) is 1. The maximum Gasteiger partial charge on any atom is 0.0373 e. The van der Waals surface area contributed by atoms with E-state index in [9.17, 15) is 0 Å². The Labute approximate surface area is 126 Å². The van der Waals surface area contributed by atoms with Crippen LogP contribution in [0.15, 0.2) is 0 Å². The first kappa shape index (κ1) is 16.3. The standard InChI is InChI=1S/C17H35N3/c1-4-10-18-16(13-15-8-5-6-9-15)17-14-19(2)11-7-12-20(17)3/h15-18H,4-14H2,1-3H3. The third-order valence-corrected chi connectivity index (χ3v) is 5.30. The third kappa shape index (κ3) is 4.71. The van der Waals surface area contributed by atoms with E-state index in [1.165, 1.54) is 71.1 Å². The fraction of sp³-hybridized carbons (Fsp3) is 1.00. The lowest BCUT2D eigenvalue weighted by atomic mass is 9.92. The van der Waals surface area contributed by atoms with Gasteiger partial charge < -0.3 is 15.1 Å². The summed E-state index contributed by atoms with van der Waals surface area (Å²) >= 11 is 0. The Morgan fingerprint density at radius 1 is 1.10 bits per heavy atom. The number of nitrogens with zero attached hydrogens (tertiary/aromatic N) is 2. The van der Waals surface area contributed by atoms with Gasteiger partial charge in [0.2, 0.25) is 0 Å². The van der Waals surface area contributed by atoms with E-state index in [1.54, 1.807) is 0 Å². The Bertz CT molecular complexity index is 263. The summed E-state index contributed by atoms with van der Waals surface area (Å²) in [6, 6.07) is 1.37. The lowest BCUT2D eigenvalue weighted by molar-refractivity contribution is 0.161. The van der Waals surface area contributed by atoms with Crippen molar-refractivity contribution >= 4 is 0 Å². The normalized spacial score (nSPS) is 28.6. The minimum atomic E-state index is 0.684. The van der Waals surface area contributed by atoms with Gasteiger partial charge in [-0.25, -0.2) is 0 Å². The first-order valence-corrected chi connectivity index (χ1v) is 8.83. The van der Waals surface area contributed by atoms with Crippen LogP contribution in [0.2, 0.25) is 0 Å². The van der Waals surface area contributed by atoms with Crippen molar-refractivity contribution in [3.05, 3.63) is 0 Å². The molecule has 2 aliphatic rings. The Hall–Kier alpha value is -0.120. The van der Waals surface area contributed by atoms with Crippen LogP contribution in [0, 0.1) is 5.92 Å². The molecule has 0 aromatic heterocycles. The molecule has 1 aliphatic carbocycles. The predicted octanol–water partition coefficient (Wildman–Crippen LogP) is 2.57. The molecule has 0 bridgehead atoms. The van der Waals surface area contributed by atoms with Crippen molar-refractivity contribution in [1.82, 2.24) is 15.1 Å². The summed E-state index contributed by atoms with van der Waals surface area (Å²) in [5.74, 6) is 0.978. The van der Waals surface area contributed by atoms with Crippen molar-refractivity contribution in [3.63, 3.8) is 0 Å². The van der Waals surface area contributed by atoms with Crippen LogP contribution in [0.25, 0.3) is 0 Å². The van der Waals surface area contributed by atoms with Crippen LogP contribution in [0.3, 0.4) is 0 Å². The van der Waals surface area contributed by atoms with Crippen LogP contribution in [-0.4, -0.2) is 62.2 Å². The molecule has 0 aromatic rings. The molecule has 1 heterocycles.